The summed E-state index contributed by atoms with van der Waals surface area (Å²) in [4.78, 5) is 0. The van der Waals surface area contributed by atoms with E-state index in [9.17, 15) is 5.11 Å². The lowest BCUT2D eigenvalue weighted by Gasteiger charge is -2.45. The molecular formula is C12H16O2. The van der Waals surface area contributed by atoms with Gasteiger partial charge >= 0.3 is 0 Å². The molecule has 3 rings (SSSR count). The van der Waals surface area contributed by atoms with Crippen LogP contribution in [-0.2, 0) is 4.74 Å². The molecule has 2 nitrogen and oxygen atoms in total. The van der Waals surface area contributed by atoms with Crippen LogP contribution < -0.4 is 0 Å². The summed E-state index contributed by atoms with van der Waals surface area (Å²) in [7, 11) is 0. The van der Waals surface area contributed by atoms with Crippen LogP contribution in [-0.4, -0.2) is 24.4 Å². The molecule has 0 amide bonds. The highest BCUT2D eigenvalue weighted by molar-refractivity contribution is 5.30. The molecule has 1 N–H and O–H groups in total. The standard InChI is InChI=1S/C12H16O2/c1-8-5-12(6-13)7-14-10-4-2-3-9(12)11(8)10/h2,4-5,9-11,13H,3,6-7H2,1H3. The summed E-state index contributed by atoms with van der Waals surface area (Å²) in [6.45, 7) is 3.10. The van der Waals surface area contributed by atoms with E-state index in [0.717, 1.165) is 6.42 Å². The molecule has 1 fully saturated rings. The molecule has 14 heavy (non-hydrogen) atoms. The number of aliphatic hydroxyl groups excluding tert-OH is 1. The Morgan fingerprint density at radius 2 is 2.50 bits per heavy atom. The van der Waals surface area contributed by atoms with E-state index in [2.05, 4.69) is 25.2 Å². The monoisotopic (exact) mass is 192 g/mol. The van der Waals surface area contributed by atoms with Crippen LogP contribution in [0.15, 0.2) is 23.8 Å². The van der Waals surface area contributed by atoms with Crippen LogP contribution >= 0.6 is 0 Å². The Kier molecular flexibility index (Phi) is 1.68. The van der Waals surface area contributed by atoms with Gasteiger partial charge in [-0.3, -0.25) is 0 Å². The van der Waals surface area contributed by atoms with E-state index in [1.807, 2.05) is 0 Å². The lowest BCUT2D eigenvalue weighted by molar-refractivity contribution is -0.0978. The van der Waals surface area contributed by atoms with E-state index < -0.39 is 0 Å². The third-order valence-electron chi connectivity index (χ3n) is 4.12. The topological polar surface area (TPSA) is 29.5 Å². The fraction of sp³-hybridized carbons (Fsp3) is 0.667. The van der Waals surface area contributed by atoms with Gasteiger partial charge in [0.15, 0.2) is 0 Å². The first-order chi connectivity index (χ1) is 6.77. The predicted molar refractivity (Wildman–Crippen MR) is 53.8 cm³/mol. The summed E-state index contributed by atoms with van der Waals surface area (Å²) in [5.74, 6) is 1.11. The molecule has 0 spiro atoms. The van der Waals surface area contributed by atoms with Crippen LogP contribution in [0.3, 0.4) is 0 Å². The zero-order valence-corrected chi connectivity index (χ0v) is 8.44. The summed E-state index contributed by atoms with van der Waals surface area (Å²) >= 11 is 0. The van der Waals surface area contributed by atoms with Crippen LogP contribution in [0.5, 0.6) is 0 Å². The first-order valence-electron chi connectivity index (χ1n) is 5.35. The Balaban J connectivity index is 2.08. The van der Waals surface area contributed by atoms with Crippen molar-refractivity contribution < 1.29 is 9.84 Å². The van der Waals surface area contributed by atoms with Crippen LogP contribution in [0, 0.1) is 17.3 Å². The minimum atomic E-state index is -0.0734. The maximum absolute atomic E-state index is 9.55. The van der Waals surface area contributed by atoms with Crippen molar-refractivity contribution in [3.63, 3.8) is 0 Å². The molecule has 0 radical (unpaired) electrons. The van der Waals surface area contributed by atoms with Crippen LogP contribution in [0.2, 0.25) is 0 Å². The highest BCUT2D eigenvalue weighted by Gasteiger charge is 2.53. The van der Waals surface area contributed by atoms with E-state index in [-0.39, 0.29) is 18.1 Å². The maximum atomic E-state index is 9.55. The quantitative estimate of drug-likeness (QED) is 0.638. The van der Waals surface area contributed by atoms with E-state index >= 15 is 0 Å². The molecule has 1 saturated heterocycles. The van der Waals surface area contributed by atoms with Crippen molar-refractivity contribution in [3.05, 3.63) is 23.8 Å². The van der Waals surface area contributed by atoms with Gasteiger partial charge in [0.25, 0.3) is 0 Å². The number of hydrogen-bond donors (Lipinski definition) is 1. The average Bonchev–Trinajstić information content (AvgIpc) is 2.40. The van der Waals surface area contributed by atoms with Gasteiger partial charge < -0.3 is 9.84 Å². The third-order valence-corrected chi connectivity index (χ3v) is 4.12. The SMILES string of the molecule is CC1=CC2(CO)COC3C=CCC2C13. The fourth-order valence-corrected chi connectivity index (χ4v) is 3.45. The molecule has 3 aliphatic rings. The van der Waals surface area contributed by atoms with Gasteiger partial charge in [-0.1, -0.05) is 23.8 Å². The first kappa shape index (κ1) is 8.69. The van der Waals surface area contributed by atoms with Crippen molar-refractivity contribution in [1.82, 2.24) is 0 Å². The predicted octanol–water partition coefficient (Wildman–Crippen LogP) is 1.52. The number of allylic oxidation sites excluding steroid dienone is 1. The minimum Gasteiger partial charge on any atom is -0.395 e. The zero-order valence-electron chi connectivity index (χ0n) is 8.44. The highest BCUT2D eigenvalue weighted by Crippen LogP contribution is 2.54. The summed E-state index contributed by atoms with van der Waals surface area (Å²) in [5.41, 5.74) is 1.34. The van der Waals surface area contributed by atoms with Crippen molar-refractivity contribution in [2.24, 2.45) is 17.3 Å². The number of rotatable bonds is 1. The molecule has 4 unspecified atom stereocenters. The molecule has 0 aromatic rings. The first-order valence-corrected chi connectivity index (χ1v) is 5.35. The summed E-state index contributed by atoms with van der Waals surface area (Å²) in [5, 5.41) is 9.55. The van der Waals surface area contributed by atoms with Crippen molar-refractivity contribution in [3.8, 4) is 0 Å². The van der Waals surface area contributed by atoms with Gasteiger partial charge in [-0.2, -0.15) is 0 Å². The molecule has 0 saturated carbocycles. The molecule has 4 bridgehead atoms. The average molecular weight is 192 g/mol. The van der Waals surface area contributed by atoms with Crippen molar-refractivity contribution in [1.29, 1.82) is 0 Å². The Morgan fingerprint density at radius 3 is 3.29 bits per heavy atom. The summed E-state index contributed by atoms with van der Waals surface area (Å²) in [6.07, 6.45) is 8.02. The van der Waals surface area contributed by atoms with E-state index in [4.69, 9.17) is 4.74 Å². The van der Waals surface area contributed by atoms with Crippen LogP contribution in [0.1, 0.15) is 13.3 Å². The van der Waals surface area contributed by atoms with Crippen molar-refractivity contribution >= 4 is 0 Å². The maximum Gasteiger partial charge on any atom is 0.0824 e. The fourth-order valence-electron chi connectivity index (χ4n) is 3.45. The highest BCUT2D eigenvalue weighted by atomic mass is 16.5. The van der Waals surface area contributed by atoms with E-state index in [1.165, 1.54) is 5.57 Å². The molecule has 0 aromatic carbocycles. The van der Waals surface area contributed by atoms with Crippen molar-refractivity contribution in [2.75, 3.05) is 13.2 Å². The second-order valence-corrected chi connectivity index (χ2v) is 4.85. The van der Waals surface area contributed by atoms with E-state index in [1.54, 1.807) is 0 Å². The number of aliphatic hydroxyl groups is 1. The second kappa shape index (κ2) is 2.71. The Bertz CT molecular complexity index is 318. The smallest absolute Gasteiger partial charge is 0.0824 e. The van der Waals surface area contributed by atoms with Gasteiger partial charge in [0.05, 0.1) is 19.3 Å². The van der Waals surface area contributed by atoms with Gasteiger partial charge in [0, 0.05) is 11.3 Å². The van der Waals surface area contributed by atoms with E-state index in [0.29, 0.717) is 18.4 Å². The molecule has 76 valence electrons. The Morgan fingerprint density at radius 1 is 1.64 bits per heavy atom. The molecule has 2 aliphatic carbocycles. The lowest BCUT2D eigenvalue weighted by atomic mass is 9.68. The molecule has 0 aromatic heterocycles. The number of hydrogen-bond acceptors (Lipinski definition) is 2. The lowest BCUT2D eigenvalue weighted by Crippen LogP contribution is -2.47. The second-order valence-electron chi connectivity index (χ2n) is 4.85. The molecule has 4 atom stereocenters. The third kappa shape index (κ3) is 0.882. The Hall–Kier alpha value is -0.600. The van der Waals surface area contributed by atoms with Gasteiger partial charge in [-0.15, -0.1) is 0 Å². The van der Waals surface area contributed by atoms with Crippen LogP contribution in [0.25, 0.3) is 0 Å². The Labute approximate surface area is 84.3 Å². The zero-order chi connectivity index (χ0) is 9.76. The van der Waals surface area contributed by atoms with Gasteiger partial charge in [0.1, 0.15) is 0 Å². The number of ether oxygens (including phenoxy) is 1. The minimum absolute atomic E-state index is 0.0734. The van der Waals surface area contributed by atoms with Crippen LogP contribution in [0.4, 0.5) is 0 Å². The van der Waals surface area contributed by atoms with Crippen molar-refractivity contribution in [2.45, 2.75) is 19.4 Å². The summed E-state index contributed by atoms with van der Waals surface area (Å²) in [6, 6.07) is 0. The van der Waals surface area contributed by atoms with Gasteiger partial charge in [-0.25, -0.2) is 0 Å². The summed E-state index contributed by atoms with van der Waals surface area (Å²) < 4.78 is 5.80. The largest absolute Gasteiger partial charge is 0.395 e. The molecule has 1 aliphatic heterocycles. The molecule has 1 heterocycles. The van der Waals surface area contributed by atoms with Gasteiger partial charge in [0.2, 0.25) is 0 Å². The van der Waals surface area contributed by atoms with Gasteiger partial charge in [-0.05, 0) is 19.3 Å². The molecule has 2 heteroatoms. The molecular weight excluding hydrogens is 176 g/mol. The normalized spacial score (nSPS) is 49.3.